The molecule has 0 spiro atoms. The highest BCUT2D eigenvalue weighted by Crippen LogP contribution is 2.45. The second-order valence-corrected chi connectivity index (χ2v) is 8.10. The standard InChI is InChI=1S/C24H33N3O8/c1-5-9-34-24(30)26-21-17-12-16(35-14-32-11-10-31-4)7-8-19(17)27-22(21)18(13-20(28)33-6-2)25-15(3)23(27)29/h5,7-8,12,15,18,21-22,25H,1,6,9-11,13-14H2,2-4H3,(H,26,30)/t15-,18-,21-,22+/m0/s1. The van der Waals surface area contributed by atoms with Crippen LogP contribution in [-0.2, 0) is 28.5 Å². The highest BCUT2D eigenvalue weighted by atomic mass is 16.7. The van der Waals surface area contributed by atoms with Gasteiger partial charge in [0.25, 0.3) is 0 Å². The van der Waals surface area contributed by atoms with Crippen LogP contribution in [-0.4, -0.2) is 76.4 Å². The Hall–Kier alpha value is -3.15. The third-order valence-corrected chi connectivity index (χ3v) is 5.76. The van der Waals surface area contributed by atoms with E-state index in [2.05, 4.69) is 17.2 Å². The summed E-state index contributed by atoms with van der Waals surface area (Å²) in [5, 5.41) is 6.07. The number of benzene rings is 1. The molecule has 1 fully saturated rings. The van der Waals surface area contributed by atoms with Crippen LogP contribution >= 0.6 is 0 Å². The summed E-state index contributed by atoms with van der Waals surface area (Å²) in [7, 11) is 1.58. The first kappa shape index (κ1) is 26.5. The minimum Gasteiger partial charge on any atom is -0.468 e. The summed E-state index contributed by atoms with van der Waals surface area (Å²) in [6.07, 6.45) is 0.816. The number of alkyl carbamates (subject to hydrolysis) is 1. The van der Waals surface area contributed by atoms with Crippen molar-refractivity contribution in [2.75, 3.05) is 45.2 Å². The molecule has 0 saturated carbocycles. The van der Waals surface area contributed by atoms with E-state index in [0.717, 1.165) is 0 Å². The number of anilines is 1. The van der Waals surface area contributed by atoms with Crippen LogP contribution in [0.25, 0.3) is 0 Å². The predicted octanol–water partition coefficient (Wildman–Crippen LogP) is 1.67. The third kappa shape index (κ3) is 6.30. The van der Waals surface area contributed by atoms with E-state index >= 15 is 0 Å². The molecule has 0 aromatic heterocycles. The predicted molar refractivity (Wildman–Crippen MR) is 126 cm³/mol. The third-order valence-electron chi connectivity index (χ3n) is 5.76. The second-order valence-electron chi connectivity index (χ2n) is 8.10. The van der Waals surface area contributed by atoms with Crippen LogP contribution in [0.15, 0.2) is 30.9 Å². The molecule has 1 aromatic carbocycles. The molecule has 2 heterocycles. The average Bonchev–Trinajstić information content (AvgIpc) is 3.15. The Morgan fingerprint density at radius 2 is 2.06 bits per heavy atom. The molecule has 2 amide bonds. The molecule has 2 aliphatic heterocycles. The van der Waals surface area contributed by atoms with Crippen molar-refractivity contribution in [3.63, 3.8) is 0 Å². The first-order chi connectivity index (χ1) is 16.9. The fourth-order valence-electron chi connectivity index (χ4n) is 4.32. The van der Waals surface area contributed by atoms with E-state index < -0.39 is 36.2 Å². The van der Waals surface area contributed by atoms with Crippen LogP contribution in [0.3, 0.4) is 0 Å². The number of amides is 2. The second kappa shape index (κ2) is 12.5. The lowest BCUT2D eigenvalue weighted by Crippen LogP contribution is -2.66. The highest BCUT2D eigenvalue weighted by molar-refractivity contribution is 6.01. The Morgan fingerprint density at radius 1 is 1.26 bits per heavy atom. The molecule has 0 bridgehead atoms. The van der Waals surface area contributed by atoms with Crippen molar-refractivity contribution in [2.45, 2.75) is 44.4 Å². The highest BCUT2D eigenvalue weighted by Gasteiger charge is 2.51. The molecule has 2 aliphatic rings. The number of nitrogens with zero attached hydrogens (tertiary/aromatic N) is 1. The van der Waals surface area contributed by atoms with Gasteiger partial charge in [-0.3, -0.25) is 9.59 Å². The van der Waals surface area contributed by atoms with Crippen molar-refractivity contribution in [2.24, 2.45) is 0 Å². The van der Waals surface area contributed by atoms with Crippen molar-refractivity contribution in [3.8, 4) is 5.75 Å². The van der Waals surface area contributed by atoms with Crippen molar-refractivity contribution >= 4 is 23.7 Å². The van der Waals surface area contributed by atoms with Crippen molar-refractivity contribution < 1.29 is 38.1 Å². The van der Waals surface area contributed by atoms with Gasteiger partial charge >= 0.3 is 12.1 Å². The van der Waals surface area contributed by atoms with E-state index in [1.54, 1.807) is 44.1 Å². The first-order valence-corrected chi connectivity index (χ1v) is 11.5. The number of carbonyl (C=O) groups is 3. The van der Waals surface area contributed by atoms with Crippen molar-refractivity contribution in [3.05, 3.63) is 36.4 Å². The maximum Gasteiger partial charge on any atom is 0.408 e. The normalized spacial score (nSPS) is 22.7. The van der Waals surface area contributed by atoms with Crippen LogP contribution < -0.4 is 20.3 Å². The van der Waals surface area contributed by atoms with Gasteiger partial charge in [0.1, 0.15) is 12.4 Å². The molecule has 3 rings (SSSR count). The zero-order chi connectivity index (χ0) is 25.4. The maximum absolute atomic E-state index is 13.2. The summed E-state index contributed by atoms with van der Waals surface area (Å²) in [5.74, 6) is -0.0629. The molecular formula is C24H33N3O8. The van der Waals surface area contributed by atoms with E-state index in [-0.39, 0.29) is 32.3 Å². The number of nitrogens with one attached hydrogen (secondary N) is 2. The lowest BCUT2D eigenvalue weighted by Gasteiger charge is -2.42. The summed E-state index contributed by atoms with van der Waals surface area (Å²) in [6.45, 7) is 8.13. The Balaban J connectivity index is 1.91. The zero-order valence-corrected chi connectivity index (χ0v) is 20.3. The van der Waals surface area contributed by atoms with Crippen LogP contribution in [0.1, 0.15) is 31.9 Å². The minimum atomic E-state index is -0.669. The van der Waals surface area contributed by atoms with Gasteiger partial charge < -0.3 is 39.2 Å². The van der Waals surface area contributed by atoms with Crippen LogP contribution in [0.2, 0.25) is 0 Å². The number of fused-ring (bicyclic) bond motifs is 3. The van der Waals surface area contributed by atoms with Crippen LogP contribution in [0.5, 0.6) is 5.75 Å². The van der Waals surface area contributed by atoms with E-state index in [1.165, 1.54) is 6.08 Å². The number of ether oxygens (including phenoxy) is 5. The molecule has 192 valence electrons. The number of methoxy groups -OCH3 is 1. The van der Waals surface area contributed by atoms with Crippen molar-refractivity contribution in [1.82, 2.24) is 10.6 Å². The molecule has 1 saturated heterocycles. The summed E-state index contributed by atoms with van der Waals surface area (Å²) in [4.78, 5) is 39.7. The minimum absolute atomic E-state index is 0.0117. The molecule has 1 aromatic rings. The zero-order valence-electron chi connectivity index (χ0n) is 20.3. The quantitative estimate of drug-likeness (QED) is 0.194. The Kier molecular flexibility index (Phi) is 9.47. The first-order valence-electron chi connectivity index (χ1n) is 11.5. The number of piperazine rings is 1. The molecule has 35 heavy (non-hydrogen) atoms. The van der Waals surface area contributed by atoms with Gasteiger partial charge in [-0.25, -0.2) is 4.79 Å². The number of carbonyl (C=O) groups excluding carboxylic acids is 3. The molecule has 0 aliphatic carbocycles. The fraction of sp³-hybridized carbons (Fsp3) is 0.542. The van der Waals surface area contributed by atoms with E-state index in [4.69, 9.17) is 23.7 Å². The van der Waals surface area contributed by atoms with Gasteiger partial charge in [0.2, 0.25) is 5.91 Å². The average molecular weight is 492 g/mol. The van der Waals surface area contributed by atoms with Gasteiger partial charge in [0, 0.05) is 24.4 Å². The fourth-order valence-corrected chi connectivity index (χ4v) is 4.32. The van der Waals surface area contributed by atoms with Gasteiger partial charge in [0.15, 0.2) is 6.79 Å². The molecular weight excluding hydrogens is 458 g/mol. The van der Waals surface area contributed by atoms with Crippen LogP contribution in [0, 0.1) is 0 Å². The monoisotopic (exact) mass is 491 g/mol. The Morgan fingerprint density at radius 3 is 2.77 bits per heavy atom. The Bertz CT molecular complexity index is 924. The summed E-state index contributed by atoms with van der Waals surface area (Å²) in [5.41, 5.74) is 1.29. The molecule has 11 nitrogen and oxygen atoms in total. The van der Waals surface area contributed by atoms with Crippen molar-refractivity contribution in [1.29, 1.82) is 0 Å². The van der Waals surface area contributed by atoms with Gasteiger partial charge in [-0.2, -0.15) is 0 Å². The SMILES string of the molecule is C=CCOC(=O)N[C@H]1c2cc(OCOCCOC)ccc2N2C(=O)[C@H](C)N[C@@H](CC(=O)OCC)[C@H]12. The molecule has 11 heteroatoms. The van der Waals surface area contributed by atoms with Gasteiger partial charge in [-0.05, 0) is 32.0 Å². The largest absolute Gasteiger partial charge is 0.468 e. The number of esters is 1. The van der Waals surface area contributed by atoms with Gasteiger partial charge in [0.05, 0.1) is 44.4 Å². The maximum atomic E-state index is 13.2. The number of hydrogen-bond donors (Lipinski definition) is 2. The molecule has 4 atom stereocenters. The molecule has 0 radical (unpaired) electrons. The molecule has 2 N–H and O–H groups in total. The summed E-state index contributed by atoms with van der Waals surface area (Å²) in [6, 6.07) is 3.00. The smallest absolute Gasteiger partial charge is 0.408 e. The summed E-state index contributed by atoms with van der Waals surface area (Å²) < 4.78 is 26.3. The lowest BCUT2D eigenvalue weighted by molar-refractivity contribution is -0.144. The topological polar surface area (TPSA) is 125 Å². The van der Waals surface area contributed by atoms with E-state index in [0.29, 0.717) is 30.2 Å². The number of hydrogen-bond acceptors (Lipinski definition) is 9. The van der Waals surface area contributed by atoms with Gasteiger partial charge in [-0.15, -0.1) is 0 Å². The Labute approximate surface area is 204 Å². The van der Waals surface area contributed by atoms with E-state index in [9.17, 15) is 14.4 Å². The number of rotatable bonds is 12. The lowest BCUT2D eigenvalue weighted by atomic mass is 9.92. The van der Waals surface area contributed by atoms with Gasteiger partial charge in [-0.1, -0.05) is 12.7 Å². The molecule has 0 unspecified atom stereocenters. The van der Waals surface area contributed by atoms with E-state index in [1.807, 2.05) is 0 Å². The summed E-state index contributed by atoms with van der Waals surface area (Å²) >= 11 is 0. The van der Waals surface area contributed by atoms with Crippen LogP contribution in [0.4, 0.5) is 10.5 Å².